The van der Waals surface area contributed by atoms with Crippen molar-refractivity contribution in [2.75, 3.05) is 6.54 Å². The third-order valence-corrected chi connectivity index (χ3v) is 2.97. The zero-order chi connectivity index (χ0) is 11.3. The number of carbonyl (C=O) groups excluding carboxylic acids is 1. The van der Waals surface area contributed by atoms with E-state index in [0.29, 0.717) is 0 Å². The van der Waals surface area contributed by atoms with Crippen molar-refractivity contribution in [3.63, 3.8) is 0 Å². The standard InChI is InChI=1S/C11H19NO3/c1-2-9-6-4-3-5-7-12(9)10(13)8-11(14)15/h9H,2-8H2,1H3,(H,14,15). The van der Waals surface area contributed by atoms with Gasteiger partial charge in [-0.1, -0.05) is 19.8 Å². The van der Waals surface area contributed by atoms with Crippen LogP contribution in [0.4, 0.5) is 0 Å². The van der Waals surface area contributed by atoms with Crippen LogP contribution in [0, 0.1) is 0 Å². The van der Waals surface area contributed by atoms with Crippen molar-refractivity contribution in [2.45, 2.75) is 51.5 Å². The highest BCUT2D eigenvalue weighted by molar-refractivity contribution is 5.93. The summed E-state index contributed by atoms with van der Waals surface area (Å²) >= 11 is 0. The van der Waals surface area contributed by atoms with Crippen molar-refractivity contribution in [1.82, 2.24) is 4.90 Å². The van der Waals surface area contributed by atoms with Crippen LogP contribution in [-0.2, 0) is 9.59 Å². The van der Waals surface area contributed by atoms with Crippen LogP contribution >= 0.6 is 0 Å². The molecule has 15 heavy (non-hydrogen) atoms. The lowest BCUT2D eigenvalue weighted by Crippen LogP contribution is -2.40. The summed E-state index contributed by atoms with van der Waals surface area (Å²) in [5.41, 5.74) is 0. The number of hydrogen-bond donors (Lipinski definition) is 1. The van der Waals surface area contributed by atoms with Crippen LogP contribution in [0.5, 0.6) is 0 Å². The maximum absolute atomic E-state index is 11.7. The number of carbonyl (C=O) groups is 2. The summed E-state index contributed by atoms with van der Waals surface area (Å²) < 4.78 is 0. The van der Waals surface area contributed by atoms with E-state index in [4.69, 9.17) is 5.11 Å². The maximum atomic E-state index is 11.7. The number of rotatable bonds is 3. The number of carboxylic acid groups (broad SMARTS) is 1. The molecule has 86 valence electrons. The fourth-order valence-corrected chi connectivity index (χ4v) is 2.16. The van der Waals surface area contributed by atoms with Crippen LogP contribution < -0.4 is 0 Å². The Kier molecular flexibility index (Phi) is 4.59. The van der Waals surface area contributed by atoms with Gasteiger partial charge in [0, 0.05) is 12.6 Å². The van der Waals surface area contributed by atoms with Gasteiger partial charge in [0.15, 0.2) is 0 Å². The monoisotopic (exact) mass is 213 g/mol. The third-order valence-electron chi connectivity index (χ3n) is 2.97. The van der Waals surface area contributed by atoms with Gasteiger partial charge >= 0.3 is 5.97 Å². The molecule has 0 aromatic heterocycles. The summed E-state index contributed by atoms with van der Waals surface area (Å²) in [5.74, 6) is -1.25. The molecule has 1 fully saturated rings. The highest BCUT2D eigenvalue weighted by atomic mass is 16.4. The van der Waals surface area contributed by atoms with Crippen molar-refractivity contribution >= 4 is 11.9 Å². The number of nitrogens with zero attached hydrogens (tertiary/aromatic N) is 1. The Morgan fingerprint density at radius 3 is 2.67 bits per heavy atom. The molecule has 0 aromatic carbocycles. The van der Waals surface area contributed by atoms with Crippen LogP contribution in [0.3, 0.4) is 0 Å². The first-order chi connectivity index (χ1) is 7.15. The van der Waals surface area contributed by atoms with E-state index in [2.05, 4.69) is 6.92 Å². The van der Waals surface area contributed by atoms with Gasteiger partial charge in [-0.3, -0.25) is 9.59 Å². The fourth-order valence-electron chi connectivity index (χ4n) is 2.16. The first kappa shape index (κ1) is 12.0. The summed E-state index contributed by atoms with van der Waals surface area (Å²) in [6, 6.07) is 0.249. The molecule has 1 saturated heterocycles. The van der Waals surface area contributed by atoms with Crippen molar-refractivity contribution in [3.05, 3.63) is 0 Å². The third kappa shape index (κ3) is 3.53. The van der Waals surface area contributed by atoms with Crippen molar-refractivity contribution in [2.24, 2.45) is 0 Å². The van der Waals surface area contributed by atoms with Gasteiger partial charge in [-0.25, -0.2) is 0 Å². The Labute approximate surface area is 90.3 Å². The molecule has 1 N–H and O–H groups in total. The highest BCUT2D eigenvalue weighted by Gasteiger charge is 2.25. The van der Waals surface area contributed by atoms with Crippen molar-refractivity contribution in [1.29, 1.82) is 0 Å². The largest absolute Gasteiger partial charge is 0.481 e. The number of carboxylic acids is 1. The highest BCUT2D eigenvalue weighted by Crippen LogP contribution is 2.19. The number of likely N-dealkylation sites (tertiary alicyclic amines) is 1. The molecule has 1 aliphatic heterocycles. The average Bonchev–Trinajstić information content (AvgIpc) is 2.40. The summed E-state index contributed by atoms with van der Waals surface area (Å²) in [6.07, 6.45) is 4.87. The number of hydrogen-bond acceptors (Lipinski definition) is 2. The molecule has 1 atom stereocenters. The van der Waals surface area contributed by atoms with Crippen LogP contribution in [0.15, 0.2) is 0 Å². The van der Waals surface area contributed by atoms with E-state index >= 15 is 0 Å². The van der Waals surface area contributed by atoms with Crippen molar-refractivity contribution < 1.29 is 14.7 Å². The topological polar surface area (TPSA) is 57.6 Å². The lowest BCUT2D eigenvalue weighted by molar-refractivity contribution is -0.145. The van der Waals surface area contributed by atoms with Gasteiger partial charge in [-0.15, -0.1) is 0 Å². The van der Waals surface area contributed by atoms with Gasteiger partial charge in [0.05, 0.1) is 0 Å². The van der Waals surface area contributed by atoms with Gasteiger partial charge in [0.25, 0.3) is 0 Å². The Bertz CT molecular complexity index is 240. The van der Waals surface area contributed by atoms with Gasteiger partial charge in [0.2, 0.25) is 5.91 Å². The van der Waals surface area contributed by atoms with Gasteiger partial charge in [0.1, 0.15) is 6.42 Å². The van der Waals surface area contributed by atoms with Gasteiger partial charge < -0.3 is 10.0 Å². The molecule has 1 amide bonds. The average molecular weight is 213 g/mol. The van der Waals surface area contributed by atoms with Crippen molar-refractivity contribution in [3.8, 4) is 0 Å². The van der Waals surface area contributed by atoms with E-state index in [0.717, 1.165) is 38.6 Å². The number of amides is 1. The van der Waals surface area contributed by atoms with E-state index in [-0.39, 0.29) is 18.4 Å². The minimum Gasteiger partial charge on any atom is -0.481 e. The van der Waals surface area contributed by atoms with Crippen LogP contribution in [-0.4, -0.2) is 34.5 Å². The molecule has 0 bridgehead atoms. The molecule has 1 heterocycles. The zero-order valence-corrected chi connectivity index (χ0v) is 9.24. The van der Waals surface area contributed by atoms with E-state index in [1.807, 2.05) is 0 Å². The molecule has 4 heteroatoms. The first-order valence-electron chi connectivity index (χ1n) is 5.66. The SMILES string of the molecule is CCC1CCCCCN1C(=O)CC(=O)O. The van der Waals surface area contributed by atoms with E-state index in [1.165, 1.54) is 0 Å². The molecule has 0 aromatic rings. The molecule has 0 aliphatic carbocycles. The zero-order valence-electron chi connectivity index (χ0n) is 9.24. The molecule has 4 nitrogen and oxygen atoms in total. The Balaban J connectivity index is 2.61. The fraction of sp³-hybridized carbons (Fsp3) is 0.818. The molecule has 1 aliphatic rings. The molecular formula is C11H19NO3. The summed E-state index contributed by atoms with van der Waals surface area (Å²) in [7, 11) is 0. The molecule has 1 rings (SSSR count). The molecular weight excluding hydrogens is 194 g/mol. The van der Waals surface area contributed by atoms with Crippen LogP contribution in [0.1, 0.15) is 45.4 Å². The quantitative estimate of drug-likeness (QED) is 0.725. The van der Waals surface area contributed by atoms with E-state index in [1.54, 1.807) is 4.90 Å². The van der Waals surface area contributed by atoms with Gasteiger partial charge in [-0.05, 0) is 19.3 Å². The second kappa shape index (κ2) is 5.73. The Hall–Kier alpha value is -1.06. The molecule has 1 unspecified atom stereocenters. The van der Waals surface area contributed by atoms with Gasteiger partial charge in [-0.2, -0.15) is 0 Å². The van der Waals surface area contributed by atoms with Crippen LogP contribution in [0.25, 0.3) is 0 Å². The minimum atomic E-state index is -1.03. The predicted molar refractivity (Wildman–Crippen MR) is 56.5 cm³/mol. The second-order valence-corrected chi connectivity index (χ2v) is 4.07. The number of aliphatic carboxylic acids is 1. The summed E-state index contributed by atoms with van der Waals surface area (Å²) in [4.78, 5) is 23.9. The lowest BCUT2D eigenvalue weighted by atomic mass is 10.1. The Morgan fingerprint density at radius 1 is 1.33 bits per heavy atom. The molecule has 0 saturated carbocycles. The maximum Gasteiger partial charge on any atom is 0.312 e. The van der Waals surface area contributed by atoms with E-state index < -0.39 is 5.97 Å². The second-order valence-electron chi connectivity index (χ2n) is 4.07. The normalized spacial score (nSPS) is 22.2. The lowest BCUT2D eigenvalue weighted by Gasteiger charge is -2.28. The smallest absolute Gasteiger partial charge is 0.312 e. The van der Waals surface area contributed by atoms with Crippen LogP contribution in [0.2, 0.25) is 0 Å². The first-order valence-corrected chi connectivity index (χ1v) is 5.66. The summed E-state index contributed by atoms with van der Waals surface area (Å²) in [6.45, 7) is 2.78. The predicted octanol–water partition coefficient (Wildman–Crippen LogP) is 1.64. The molecule has 0 spiro atoms. The minimum absolute atomic E-state index is 0.226. The summed E-state index contributed by atoms with van der Waals surface area (Å²) in [5, 5.41) is 8.60. The molecule has 0 radical (unpaired) electrons. The Morgan fingerprint density at radius 2 is 2.07 bits per heavy atom. The van der Waals surface area contributed by atoms with E-state index in [9.17, 15) is 9.59 Å².